The third kappa shape index (κ3) is 4.35. The predicted molar refractivity (Wildman–Crippen MR) is 99.1 cm³/mol. The number of aromatic nitrogens is 1. The normalized spacial score (nSPS) is 15.0. The molecule has 0 unspecified atom stereocenters. The molecule has 0 N–H and O–H groups in total. The van der Waals surface area contributed by atoms with Gasteiger partial charge in [-0.05, 0) is 43.9 Å². The molecule has 1 aromatic heterocycles. The molecule has 0 atom stereocenters. The minimum absolute atomic E-state index is 0.140. The van der Waals surface area contributed by atoms with E-state index in [1.165, 1.54) is 17.0 Å². The van der Waals surface area contributed by atoms with E-state index in [0.717, 1.165) is 36.3 Å². The van der Waals surface area contributed by atoms with Crippen molar-refractivity contribution in [3.63, 3.8) is 0 Å². The van der Waals surface area contributed by atoms with E-state index in [4.69, 9.17) is 0 Å². The number of carbonyl (C=O) groups is 2. The SMILES string of the molecule is Cc1c(C(=O)N(C)C)s/c(=N\C(=O)c2cccc(C(F)(F)F)c2)n1CC1CC1. The minimum atomic E-state index is -4.53. The minimum Gasteiger partial charge on any atom is -0.344 e. The van der Waals surface area contributed by atoms with Crippen molar-refractivity contribution in [3.05, 3.63) is 50.8 Å². The number of amides is 2. The van der Waals surface area contributed by atoms with Gasteiger partial charge in [0.25, 0.3) is 11.8 Å². The van der Waals surface area contributed by atoms with Crippen LogP contribution in [0.1, 0.15) is 44.1 Å². The van der Waals surface area contributed by atoms with Crippen molar-refractivity contribution < 1.29 is 22.8 Å². The zero-order valence-corrected chi connectivity index (χ0v) is 16.5. The fourth-order valence-corrected chi connectivity index (χ4v) is 3.89. The summed E-state index contributed by atoms with van der Waals surface area (Å²) in [6.07, 6.45) is -2.40. The molecule has 3 rings (SSSR count). The molecule has 1 saturated carbocycles. The van der Waals surface area contributed by atoms with Crippen LogP contribution in [-0.2, 0) is 12.7 Å². The van der Waals surface area contributed by atoms with Gasteiger partial charge in [0.15, 0.2) is 4.80 Å². The first-order chi connectivity index (χ1) is 13.1. The molecule has 0 radical (unpaired) electrons. The summed E-state index contributed by atoms with van der Waals surface area (Å²) in [4.78, 5) is 31.3. The van der Waals surface area contributed by atoms with Gasteiger partial charge in [-0.3, -0.25) is 9.59 Å². The Kier molecular flexibility index (Phi) is 5.47. The van der Waals surface area contributed by atoms with Crippen LogP contribution in [0.3, 0.4) is 0 Å². The number of benzene rings is 1. The number of hydrogen-bond donors (Lipinski definition) is 0. The van der Waals surface area contributed by atoms with E-state index in [2.05, 4.69) is 4.99 Å². The topological polar surface area (TPSA) is 54.7 Å². The second-order valence-corrected chi connectivity index (χ2v) is 8.03. The van der Waals surface area contributed by atoms with E-state index in [0.29, 0.717) is 27.8 Å². The number of carbonyl (C=O) groups excluding carboxylic acids is 2. The lowest BCUT2D eigenvalue weighted by Gasteiger charge is -2.10. The average molecular weight is 411 g/mol. The highest BCUT2D eigenvalue weighted by Gasteiger charge is 2.31. The highest BCUT2D eigenvalue weighted by Crippen LogP contribution is 2.31. The van der Waals surface area contributed by atoms with Crippen LogP contribution in [0.5, 0.6) is 0 Å². The summed E-state index contributed by atoms with van der Waals surface area (Å²) in [5, 5.41) is 0. The molecule has 9 heteroatoms. The highest BCUT2D eigenvalue weighted by molar-refractivity contribution is 7.11. The third-order valence-corrected chi connectivity index (χ3v) is 5.70. The fourth-order valence-electron chi connectivity index (χ4n) is 2.72. The molecule has 0 spiro atoms. The van der Waals surface area contributed by atoms with Crippen LogP contribution in [0.4, 0.5) is 13.2 Å². The maximum absolute atomic E-state index is 12.9. The Hall–Kier alpha value is -2.42. The first-order valence-corrected chi connectivity index (χ1v) is 9.57. The van der Waals surface area contributed by atoms with Gasteiger partial charge in [-0.15, -0.1) is 0 Å². The molecular formula is C19H20F3N3O2S. The van der Waals surface area contributed by atoms with Crippen LogP contribution in [0, 0.1) is 12.8 Å². The number of rotatable bonds is 4. The molecule has 150 valence electrons. The molecule has 1 aliphatic rings. The van der Waals surface area contributed by atoms with Crippen molar-refractivity contribution in [2.75, 3.05) is 14.1 Å². The Labute approximate surface area is 164 Å². The van der Waals surface area contributed by atoms with E-state index in [9.17, 15) is 22.8 Å². The standard InChI is InChI=1S/C19H20F3N3O2S/c1-11-15(17(27)24(2)3)28-18(25(11)10-12-7-8-12)23-16(26)13-5-4-6-14(9-13)19(20,21)22/h4-6,9,12H,7-8,10H2,1-3H3/b23-18-. The second kappa shape index (κ2) is 7.54. The summed E-state index contributed by atoms with van der Waals surface area (Å²) < 4.78 is 40.5. The highest BCUT2D eigenvalue weighted by atomic mass is 32.1. The lowest BCUT2D eigenvalue weighted by molar-refractivity contribution is -0.137. The predicted octanol–water partition coefficient (Wildman–Crippen LogP) is 3.73. The second-order valence-electron chi connectivity index (χ2n) is 7.05. The molecule has 1 aliphatic carbocycles. The van der Waals surface area contributed by atoms with E-state index in [1.54, 1.807) is 21.0 Å². The fraction of sp³-hybridized carbons (Fsp3) is 0.421. The molecule has 0 aliphatic heterocycles. The van der Waals surface area contributed by atoms with Crippen molar-refractivity contribution in [3.8, 4) is 0 Å². The first-order valence-electron chi connectivity index (χ1n) is 8.76. The maximum atomic E-state index is 12.9. The quantitative estimate of drug-likeness (QED) is 0.770. The number of nitrogens with zero attached hydrogens (tertiary/aromatic N) is 3. The van der Waals surface area contributed by atoms with E-state index in [1.807, 2.05) is 4.57 Å². The van der Waals surface area contributed by atoms with Crippen LogP contribution < -0.4 is 4.80 Å². The molecule has 5 nitrogen and oxygen atoms in total. The molecule has 1 aromatic carbocycles. The van der Waals surface area contributed by atoms with Gasteiger partial charge in [0.1, 0.15) is 4.88 Å². The van der Waals surface area contributed by atoms with E-state index < -0.39 is 17.6 Å². The summed E-state index contributed by atoms with van der Waals surface area (Å²) in [7, 11) is 3.27. The van der Waals surface area contributed by atoms with Crippen molar-refractivity contribution in [2.45, 2.75) is 32.5 Å². The molecular weight excluding hydrogens is 391 g/mol. The van der Waals surface area contributed by atoms with Gasteiger partial charge in [0, 0.05) is 31.9 Å². The Morgan fingerprint density at radius 2 is 1.96 bits per heavy atom. The Bertz CT molecular complexity index is 985. The van der Waals surface area contributed by atoms with Crippen molar-refractivity contribution >= 4 is 23.2 Å². The van der Waals surface area contributed by atoms with Crippen LogP contribution in [0.2, 0.25) is 0 Å². The summed E-state index contributed by atoms with van der Waals surface area (Å²) >= 11 is 1.09. The van der Waals surface area contributed by atoms with Crippen molar-refractivity contribution in [2.24, 2.45) is 10.9 Å². The number of hydrogen-bond acceptors (Lipinski definition) is 3. The number of alkyl halides is 3. The number of thiazole rings is 1. The van der Waals surface area contributed by atoms with Crippen LogP contribution in [-0.4, -0.2) is 35.4 Å². The summed E-state index contributed by atoms with van der Waals surface area (Å²) in [5.41, 5.74) is -0.323. The Balaban J connectivity index is 2.04. The largest absolute Gasteiger partial charge is 0.416 e. The molecule has 2 aromatic rings. The summed E-state index contributed by atoms with van der Waals surface area (Å²) in [6, 6.07) is 4.19. The maximum Gasteiger partial charge on any atom is 0.416 e. The van der Waals surface area contributed by atoms with Crippen LogP contribution >= 0.6 is 11.3 Å². The van der Waals surface area contributed by atoms with Gasteiger partial charge in [-0.2, -0.15) is 18.2 Å². The Morgan fingerprint density at radius 1 is 1.29 bits per heavy atom. The molecule has 1 heterocycles. The van der Waals surface area contributed by atoms with Crippen molar-refractivity contribution in [1.29, 1.82) is 0 Å². The van der Waals surface area contributed by atoms with Gasteiger partial charge >= 0.3 is 6.18 Å². The first kappa shape index (κ1) is 20.3. The van der Waals surface area contributed by atoms with Gasteiger partial charge in [-0.1, -0.05) is 17.4 Å². The monoisotopic (exact) mass is 411 g/mol. The lowest BCUT2D eigenvalue weighted by atomic mass is 10.1. The zero-order chi connectivity index (χ0) is 20.6. The molecule has 1 fully saturated rings. The lowest BCUT2D eigenvalue weighted by Crippen LogP contribution is -2.22. The van der Waals surface area contributed by atoms with Gasteiger partial charge in [-0.25, -0.2) is 0 Å². The zero-order valence-electron chi connectivity index (χ0n) is 15.7. The average Bonchev–Trinajstić information content (AvgIpc) is 3.40. The van der Waals surface area contributed by atoms with Crippen LogP contribution in [0.15, 0.2) is 29.3 Å². The van der Waals surface area contributed by atoms with Gasteiger partial charge in [0.05, 0.1) is 5.56 Å². The molecule has 0 saturated heterocycles. The van der Waals surface area contributed by atoms with E-state index in [-0.39, 0.29) is 11.5 Å². The van der Waals surface area contributed by atoms with Gasteiger partial charge < -0.3 is 9.47 Å². The smallest absolute Gasteiger partial charge is 0.344 e. The summed E-state index contributed by atoms with van der Waals surface area (Å²) in [6.45, 7) is 2.43. The molecule has 28 heavy (non-hydrogen) atoms. The number of halogens is 3. The van der Waals surface area contributed by atoms with Gasteiger partial charge in [0.2, 0.25) is 0 Å². The molecule has 2 amide bonds. The van der Waals surface area contributed by atoms with E-state index >= 15 is 0 Å². The summed E-state index contributed by atoms with van der Waals surface area (Å²) in [5.74, 6) is -0.487. The third-order valence-electron chi connectivity index (χ3n) is 4.53. The Morgan fingerprint density at radius 3 is 2.54 bits per heavy atom. The van der Waals surface area contributed by atoms with Crippen molar-refractivity contribution in [1.82, 2.24) is 9.47 Å². The molecule has 0 bridgehead atoms. The van der Waals surface area contributed by atoms with Crippen LogP contribution in [0.25, 0.3) is 0 Å².